The number of carbonyl (C=O) groups excluding carboxylic acids is 2. The summed E-state index contributed by atoms with van der Waals surface area (Å²) >= 11 is 0. The highest BCUT2D eigenvalue weighted by molar-refractivity contribution is 6.02. The van der Waals surface area contributed by atoms with E-state index < -0.39 is 6.09 Å². The second-order valence-corrected chi connectivity index (χ2v) is 4.96. The molecule has 1 aromatic carbocycles. The molecule has 0 fully saturated rings. The van der Waals surface area contributed by atoms with Gasteiger partial charge in [-0.1, -0.05) is 25.5 Å². The summed E-state index contributed by atoms with van der Waals surface area (Å²) in [6.45, 7) is 4.30. The number of fused-ring (bicyclic) bond motifs is 1. The topological polar surface area (TPSA) is 58.6 Å². The monoisotopic (exact) mass is 276 g/mol. The SMILES string of the molecule is CCCCOC(=O)N1c2ccccc2NC(=O)C[C@H]1C. The van der Waals surface area contributed by atoms with Crippen LogP contribution in [0.25, 0.3) is 0 Å². The summed E-state index contributed by atoms with van der Waals surface area (Å²) < 4.78 is 5.29. The van der Waals surface area contributed by atoms with Crippen LogP contribution in [0.3, 0.4) is 0 Å². The van der Waals surface area contributed by atoms with Crippen molar-refractivity contribution in [2.24, 2.45) is 0 Å². The van der Waals surface area contributed by atoms with E-state index in [1.807, 2.05) is 32.0 Å². The Balaban J connectivity index is 2.25. The molecule has 2 amide bonds. The van der Waals surface area contributed by atoms with Gasteiger partial charge in [0.15, 0.2) is 0 Å². The Bertz CT molecular complexity index is 502. The van der Waals surface area contributed by atoms with Crippen LogP contribution in [-0.2, 0) is 9.53 Å². The molecule has 108 valence electrons. The maximum atomic E-state index is 12.3. The second-order valence-electron chi connectivity index (χ2n) is 4.96. The molecule has 0 saturated carbocycles. The fourth-order valence-electron chi connectivity index (χ4n) is 2.24. The zero-order chi connectivity index (χ0) is 14.5. The molecule has 1 heterocycles. The summed E-state index contributed by atoms with van der Waals surface area (Å²) in [4.78, 5) is 25.6. The fourth-order valence-corrected chi connectivity index (χ4v) is 2.24. The number of nitrogens with zero attached hydrogens (tertiary/aromatic N) is 1. The first-order chi connectivity index (χ1) is 9.63. The number of para-hydroxylation sites is 2. The molecule has 0 saturated heterocycles. The van der Waals surface area contributed by atoms with Crippen LogP contribution in [0.15, 0.2) is 24.3 Å². The van der Waals surface area contributed by atoms with E-state index in [-0.39, 0.29) is 18.4 Å². The van der Waals surface area contributed by atoms with E-state index in [0.717, 1.165) is 12.8 Å². The highest BCUT2D eigenvalue weighted by Gasteiger charge is 2.30. The molecule has 2 rings (SSSR count). The van der Waals surface area contributed by atoms with Crippen LogP contribution in [0.1, 0.15) is 33.1 Å². The van der Waals surface area contributed by atoms with Crippen molar-refractivity contribution >= 4 is 23.4 Å². The van der Waals surface area contributed by atoms with Gasteiger partial charge >= 0.3 is 6.09 Å². The lowest BCUT2D eigenvalue weighted by atomic mass is 10.2. The Morgan fingerprint density at radius 3 is 2.95 bits per heavy atom. The summed E-state index contributed by atoms with van der Waals surface area (Å²) in [5.41, 5.74) is 1.33. The number of amides is 2. The van der Waals surface area contributed by atoms with Gasteiger partial charge in [-0.3, -0.25) is 9.69 Å². The van der Waals surface area contributed by atoms with Gasteiger partial charge < -0.3 is 10.1 Å². The number of anilines is 2. The zero-order valence-electron chi connectivity index (χ0n) is 11.9. The molecule has 0 aromatic heterocycles. The van der Waals surface area contributed by atoms with Gasteiger partial charge in [-0.05, 0) is 25.5 Å². The van der Waals surface area contributed by atoms with Gasteiger partial charge in [-0.15, -0.1) is 0 Å². The van der Waals surface area contributed by atoms with Gasteiger partial charge in [-0.2, -0.15) is 0 Å². The van der Waals surface area contributed by atoms with Crippen LogP contribution >= 0.6 is 0 Å². The van der Waals surface area contributed by atoms with Crippen LogP contribution in [0.5, 0.6) is 0 Å². The molecule has 0 bridgehead atoms. The fraction of sp³-hybridized carbons (Fsp3) is 0.467. The van der Waals surface area contributed by atoms with Crippen molar-refractivity contribution in [3.8, 4) is 0 Å². The predicted molar refractivity (Wildman–Crippen MR) is 77.9 cm³/mol. The predicted octanol–water partition coefficient (Wildman–Crippen LogP) is 3.16. The first-order valence-corrected chi connectivity index (χ1v) is 6.98. The summed E-state index contributed by atoms with van der Waals surface area (Å²) in [6, 6.07) is 7.05. The number of hydrogen-bond donors (Lipinski definition) is 1. The Morgan fingerprint density at radius 2 is 2.20 bits per heavy atom. The minimum atomic E-state index is -0.394. The van der Waals surface area contributed by atoms with Crippen molar-refractivity contribution in [3.05, 3.63) is 24.3 Å². The van der Waals surface area contributed by atoms with Gasteiger partial charge in [0.25, 0.3) is 0 Å². The van der Waals surface area contributed by atoms with Crippen LogP contribution in [-0.4, -0.2) is 24.6 Å². The van der Waals surface area contributed by atoms with E-state index in [0.29, 0.717) is 18.0 Å². The highest BCUT2D eigenvalue weighted by Crippen LogP contribution is 2.31. The Kier molecular flexibility index (Phi) is 4.61. The molecule has 1 aliphatic rings. The van der Waals surface area contributed by atoms with Crippen LogP contribution in [0, 0.1) is 0 Å². The lowest BCUT2D eigenvalue weighted by molar-refractivity contribution is -0.116. The molecule has 20 heavy (non-hydrogen) atoms. The molecular weight excluding hydrogens is 256 g/mol. The number of carbonyl (C=O) groups is 2. The normalized spacial score (nSPS) is 18.0. The van der Waals surface area contributed by atoms with Crippen LogP contribution in [0.2, 0.25) is 0 Å². The lowest BCUT2D eigenvalue weighted by Gasteiger charge is -2.26. The van der Waals surface area contributed by atoms with E-state index in [4.69, 9.17) is 4.74 Å². The Morgan fingerprint density at radius 1 is 1.45 bits per heavy atom. The van der Waals surface area contributed by atoms with Gasteiger partial charge in [0.1, 0.15) is 0 Å². The van der Waals surface area contributed by atoms with Crippen molar-refractivity contribution in [1.29, 1.82) is 0 Å². The Labute approximate surface area is 118 Å². The molecule has 1 N–H and O–H groups in total. The molecule has 0 unspecified atom stereocenters. The highest BCUT2D eigenvalue weighted by atomic mass is 16.6. The number of ether oxygens (including phenoxy) is 1. The molecule has 0 aliphatic carbocycles. The van der Waals surface area contributed by atoms with Crippen molar-refractivity contribution in [2.75, 3.05) is 16.8 Å². The molecule has 1 aliphatic heterocycles. The summed E-state index contributed by atoms with van der Waals surface area (Å²) in [7, 11) is 0. The number of benzene rings is 1. The molecular formula is C15H20N2O3. The third-order valence-corrected chi connectivity index (χ3v) is 3.28. The van der Waals surface area contributed by atoms with Gasteiger partial charge in [0.2, 0.25) is 5.91 Å². The smallest absolute Gasteiger partial charge is 0.414 e. The van der Waals surface area contributed by atoms with Gasteiger partial charge in [0, 0.05) is 12.5 Å². The number of unbranched alkanes of at least 4 members (excludes halogenated alkanes) is 1. The largest absolute Gasteiger partial charge is 0.449 e. The molecule has 0 radical (unpaired) electrons. The summed E-state index contributed by atoms with van der Waals surface area (Å²) in [6.07, 6.45) is 1.68. The Hall–Kier alpha value is -2.04. The average molecular weight is 276 g/mol. The maximum Gasteiger partial charge on any atom is 0.414 e. The van der Waals surface area contributed by atoms with Crippen LogP contribution < -0.4 is 10.2 Å². The summed E-state index contributed by atoms with van der Waals surface area (Å²) in [5, 5.41) is 2.82. The molecule has 0 spiro atoms. The average Bonchev–Trinajstić information content (AvgIpc) is 2.53. The molecule has 5 nitrogen and oxygen atoms in total. The van der Waals surface area contributed by atoms with Gasteiger partial charge in [0.05, 0.1) is 18.0 Å². The van der Waals surface area contributed by atoms with E-state index >= 15 is 0 Å². The molecule has 1 aromatic rings. The van der Waals surface area contributed by atoms with Crippen molar-refractivity contribution in [1.82, 2.24) is 0 Å². The third kappa shape index (κ3) is 3.10. The van der Waals surface area contributed by atoms with E-state index in [2.05, 4.69) is 5.32 Å². The number of nitrogens with one attached hydrogen (secondary N) is 1. The number of rotatable bonds is 3. The van der Waals surface area contributed by atoms with Gasteiger partial charge in [-0.25, -0.2) is 4.79 Å². The van der Waals surface area contributed by atoms with Crippen molar-refractivity contribution < 1.29 is 14.3 Å². The molecule has 5 heteroatoms. The minimum Gasteiger partial charge on any atom is -0.449 e. The first kappa shape index (κ1) is 14.4. The van der Waals surface area contributed by atoms with Crippen molar-refractivity contribution in [2.45, 2.75) is 39.2 Å². The van der Waals surface area contributed by atoms with E-state index in [1.165, 1.54) is 0 Å². The van der Waals surface area contributed by atoms with Crippen molar-refractivity contribution in [3.63, 3.8) is 0 Å². The molecule has 1 atom stereocenters. The minimum absolute atomic E-state index is 0.0891. The zero-order valence-corrected chi connectivity index (χ0v) is 11.9. The summed E-state index contributed by atoms with van der Waals surface area (Å²) in [5.74, 6) is -0.0891. The maximum absolute atomic E-state index is 12.3. The lowest BCUT2D eigenvalue weighted by Crippen LogP contribution is -2.39. The standard InChI is InChI=1S/C15H20N2O3/c1-3-4-9-20-15(19)17-11(2)10-14(18)16-12-7-5-6-8-13(12)17/h5-8,11H,3-4,9-10H2,1-2H3,(H,16,18)/t11-/m1/s1. The van der Waals surface area contributed by atoms with E-state index in [9.17, 15) is 9.59 Å². The third-order valence-electron chi connectivity index (χ3n) is 3.28. The first-order valence-electron chi connectivity index (χ1n) is 6.98. The van der Waals surface area contributed by atoms with E-state index in [1.54, 1.807) is 11.0 Å². The van der Waals surface area contributed by atoms with Crippen LogP contribution in [0.4, 0.5) is 16.2 Å². The second kappa shape index (κ2) is 6.41. The quantitative estimate of drug-likeness (QED) is 0.863. The number of hydrogen-bond acceptors (Lipinski definition) is 3.